The van der Waals surface area contributed by atoms with E-state index >= 15 is 0 Å². The molecule has 28 heavy (non-hydrogen) atoms. The van der Waals surface area contributed by atoms with E-state index in [2.05, 4.69) is 17.1 Å². The summed E-state index contributed by atoms with van der Waals surface area (Å²) in [6, 6.07) is 1.64. The van der Waals surface area contributed by atoms with Gasteiger partial charge in [0.05, 0.1) is 31.2 Å². The molecule has 0 spiro atoms. The summed E-state index contributed by atoms with van der Waals surface area (Å²) in [7, 11) is 3.32. The number of carbonyl (C=O) groups excluding carboxylic acids is 1. The quantitative estimate of drug-likeness (QED) is 0.728. The summed E-state index contributed by atoms with van der Waals surface area (Å²) in [6.45, 7) is 4.34. The number of methoxy groups -OCH3 is 2. The molecule has 5 rings (SSSR count). The Morgan fingerprint density at radius 1 is 1.18 bits per heavy atom. The van der Waals surface area contributed by atoms with E-state index in [-0.39, 0.29) is 18.0 Å². The van der Waals surface area contributed by atoms with Crippen LogP contribution < -0.4 is 5.32 Å². The highest BCUT2D eigenvalue weighted by atomic mass is 16.5. The third-order valence-corrected chi connectivity index (χ3v) is 8.53. The largest absolute Gasteiger partial charge is 0.497 e. The number of rotatable bonds is 2. The molecule has 0 aromatic heterocycles. The number of ether oxygens (including phenoxy) is 3. The van der Waals surface area contributed by atoms with Crippen molar-refractivity contribution in [2.24, 2.45) is 23.7 Å². The van der Waals surface area contributed by atoms with Gasteiger partial charge in [-0.3, -0.25) is 4.90 Å². The van der Waals surface area contributed by atoms with Gasteiger partial charge in [-0.2, -0.15) is 0 Å². The topological polar surface area (TPSA) is 60.0 Å². The first-order valence-electron chi connectivity index (χ1n) is 11.1. The highest BCUT2D eigenvalue weighted by Gasteiger charge is 2.55. The fourth-order valence-corrected chi connectivity index (χ4v) is 7.08. The van der Waals surface area contributed by atoms with Crippen molar-refractivity contribution >= 4 is 5.97 Å². The van der Waals surface area contributed by atoms with E-state index in [1.807, 2.05) is 7.11 Å². The van der Waals surface area contributed by atoms with Crippen LogP contribution in [0.3, 0.4) is 0 Å². The van der Waals surface area contributed by atoms with Gasteiger partial charge in [0.25, 0.3) is 0 Å². The smallest absolute Gasteiger partial charge is 0.337 e. The molecule has 1 saturated carbocycles. The average molecular weight is 391 g/mol. The summed E-state index contributed by atoms with van der Waals surface area (Å²) in [6.07, 6.45) is 8.19. The van der Waals surface area contributed by atoms with Gasteiger partial charge in [-0.25, -0.2) is 4.79 Å². The molecule has 6 nitrogen and oxygen atoms in total. The summed E-state index contributed by atoms with van der Waals surface area (Å²) in [5.74, 6) is 1.95. The lowest BCUT2D eigenvalue weighted by Crippen LogP contribution is -2.62. The van der Waals surface area contributed by atoms with Crippen molar-refractivity contribution in [3.05, 3.63) is 11.8 Å². The van der Waals surface area contributed by atoms with E-state index in [0.717, 1.165) is 36.8 Å². The van der Waals surface area contributed by atoms with Crippen LogP contribution in [0.1, 0.15) is 39.0 Å². The van der Waals surface area contributed by atoms with Crippen molar-refractivity contribution in [3.63, 3.8) is 0 Å². The summed E-state index contributed by atoms with van der Waals surface area (Å²) in [5.41, 5.74) is 0.738. The second-order valence-electron chi connectivity index (χ2n) is 9.56. The first-order chi connectivity index (χ1) is 13.6. The lowest BCUT2D eigenvalue weighted by Gasteiger charge is -2.53. The molecule has 4 fully saturated rings. The number of nitrogens with zero attached hydrogens (tertiary/aromatic N) is 1. The SMILES string of the molecule is COC(=O)C1=COC(C)C2CN3CCC4C5CCC(OC)CC5NC4C3CC12. The van der Waals surface area contributed by atoms with E-state index in [1.165, 1.54) is 32.9 Å². The van der Waals surface area contributed by atoms with Crippen LogP contribution in [-0.4, -0.2) is 68.5 Å². The molecule has 156 valence electrons. The van der Waals surface area contributed by atoms with Crippen LogP contribution >= 0.6 is 0 Å². The second-order valence-corrected chi connectivity index (χ2v) is 9.56. The molecular formula is C22H34N2O4. The van der Waals surface area contributed by atoms with Crippen LogP contribution in [0.25, 0.3) is 0 Å². The van der Waals surface area contributed by atoms with Gasteiger partial charge < -0.3 is 19.5 Å². The van der Waals surface area contributed by atoms with Crippen molar-refractivity contribution in [1.82, 2.24) is 10.2 Å². The number of esters is 1. The van der Waals surface area contributed by atoms with E-state index < -0.39 is 0 Å². The molecule has 1 N–H and O–H groups in total. The Hall–Kier alpha value is -1.11. The number of nitrogens with one attached hydrogen (secondary N) is 1. The number of fused-ring (bicyclic) bond motifs is 6. The van der Waals surface area contributed by atoms with Gasteiger partial charge >= 0.3 is 5.97 Å². The summed E-state index contributed by atoms with van der Waals surface area (Å²) in [4.78, 5) is 15.1. The van der Waals surface area contributed by atoms with Gasteiger partial charge in [-0.1, -0.05) is 0 Å². The van der Waals surface area contributed by atoms with Crippen molar-refractivity contribution in [2.75, 3.05) is 27.3 Å². The molecule has 3 saturated heterocycles. The Balaban J connectivity index is 1.38. The van der Waals surface area contributed by atoms with Crippen LogP contribution in [0.2, 0.25) is 0 Å². The van der Waals surface area contributed by atoms with Crippen molar-refractivity contribution < 1.29 is 19.0 Å². The van der Waals surface area contributed by atoms with E-state index in [9.17, 15) is 4.79 Å². The second kappa shape index (κ2) is 7.29. The number of hydrogen-bond donors (Lipinski definition) is 1. The Bertz CT molecular complexity index is 652. The maximum atomic E-state index is 12.4. The third-order valence-electron chi connectivity index (χ3n) is 8.53. The normalized spacial score (nSPS) is 47.7. The van der Waals surface area contributed by atoms with Gasteiger partial charge in [-0.05, 0) is 57.4 Å². The van der Waals surface area contributed by atoms with Crippen LogP contribution in [0.4, 0.5) is 0 Å². The predicted octanol–water partition coefficient (Wildman–Crippen LogP) is 1.94. The molecule has 1 aliphatic carbocycles. The van der Waals surface area contributed by atoms with Crippen LogP contribution in [0.15, 0.2) is 11.8 Å². The number of hydrogen-bond acceptors (Lipinski definition) is 6. The van der Waals surface area contributed by atoms with Crippen molar-refractivity contribution in [1.29, 1.82) is 0 Å². The lowest BCUT2D eigenvalue weighted by molar-refractivity contribution is -0.139. The van der Waals surface area contributed by atoms with Gasteiger partial charge in [0.15, 0.2) is 0 Å². The van der Waals surface area contributed by atoms with Crippen LogP contribution in [0, 0.1) is 23.7 Å². The fraction of sp³-hybridized carbons (Fsp3) is 0.864. The fourth-order valence-electron chi connectivity index (χ4n) is 7.08. The monoisotopic (exact) mass is 390 g/mol. The Labute approximate surface area is 167 Å². The first kappa shape index (κ1) is 18.9. The Morgan fingerprint density at radius 2 is 2.04 bits per heavy atom. The summed E-state index contributed by atoms with van der Waals surface area (Å²) in [5, 5.41) is 4.03. The van der Waals surface area contributed by atoms with Gasteiger partial charge in [0.2, 0.25) is 0 Å². The molecule has 5 aliphatic rings. The first-order valence-corrected chi connectivity index (χ1v) is 11.1. The Kier molecular flexibility index (Phi) is 4.92. The maximum absolute atomic E-state index is 12.4. The maximum Gasteiger partial charge on any atom is 0.337 e. The van der Waals surface area contributed by atoms with Gasteiger partial charge in [0, 0.05) is 43.6 Å². The van der Waals surface area contributed by atoms with Crippen molar-refractivity contribution in [3.8, 4) is 0 Å². The zero-order valence-corrected chi connectivity index (χ0v) is 17.3. The predicted molar refractivity (Wildman–Crippen MR) is 105 cm³/mol. The highest BCUT2D eigenvalue weighted by Crippen LogP contribution is 2.48. The molecule has 0 aromatic carbocycles. The van der Waals surface area contributed by atoms with E-state index in [0.29, 0.717) is 30.1 Å². The number of piperidine rings is 2. The standard InChI is InChI=1S/C22H34N2O4/c1-12-17-10-24-7-6-15-14-5-4-13(26-2)8-19(14)23-21(15)20(24)9-16(17)18(11-28-12)22(25)27-3/h11-17,19-21,23H,4-10H2,1-3H3. The number of carbonyl (C=O) groups is 1. The van der Waals surface area contributed by atoms with Crippen LogP contribution in [-0.2, 0) is 19.0 Å². The lowest BCUT2D eigenvalue weighted by atomic mass is 9.67. The molecule has 4 aliphatic heterocycles. The zero-order chi connectivity index (χ0) is 19.4. The minimum absolute atomic E-state index is 0.152. The minimum Gasteiger partial charge on any atom is -0.497 e. The molecule has 0 amide bonds. The zero-order valence-electron chi connectivity index (χ0n) is 17.3. The molecule has 0 radical (unpaired) electrons. The average Bonchev–Trinajstić information content (AvgIpc) is 3.10. The molecule has 0 aromatic rings. The molecule has 4 heterocycles. The molecular weight excluding hydrogens is 356 g/mol. The minimum atomic E-state index is -0.223. The highest BCUT2D eigenvalue weighted by molar-refractivity contribution is 5.89. The molecule has 0 bridgehead atoms. The molecule has 9 atom stereocenters. The van der Waals surface area contributed by atoms with E-state index in [1.54, 1.807) is 6.26 Å². The van der Waals surface area contributed by atoms with Crippen LogP contribution in [0.5, 0.6) is 0 Å². The summed E-state index contributed by atoms with van der Waals surface area (Å²) < 4.78 is 16.6. The van der Waals surface area contributed by atoms with Gasteiger partial charge in [-0.15, -0.1) is 0 Å². The molecule has 9 unspecified atom stereocenters. The Morgan fingerprint density at radius 3 is 2.82 bits per heavy atom. The summed E-state index contributed by atoms with van der Waals surface area (Å²) >= 11 is 0. The van der Waals surface area contributed by atoms with Crippen molar-refractivity contribution in [2.45, 2.75) is 69.4 Å². The van der Waals surface area contributed by atoms with Gasteiger partial charge in [0.1, 0.15) is 0 Å². The molecule has 6 heteroatoms. The van der Waals surface area contributed by atoms with E-state index in [4.69, 9.17) is 14.2 Å². The third kappa shape index (κ3) is 2.91.